The quantitative estimate of drug-likeness (QED) is 0.823. The molecule has 1 atom stereocenters. The molecule has 1 aromatic carbocycles. The number of halogens is 1. The van der Waals surface area contributed by atoms with Crippen molar-refractivity contribution < 1.29 is 5.11 Å². The summed E-state index contributed by atoms with van der Waals surface area (Å²) in [5.41, 5.74) is 2.85. The minimum Gasteiger partial charge on any atom is -0.389 e. The fourth-order valence-corrected chi connectivity index (χ4v) is 1.90. The number of hydrogen-bond donors (Lipinski definition) is 1. The van der Waals surface area contributed by atoms with Crippen LogP contribution in [-0.4, -0.2) is 16.2 Å². The first-order chi connectivity index (χ1) is 8.08. The lowest BCUT2D eigenvalue weighted by Gasteiger charge is -2.05. The van der Waals surface area contributed by atoms with Gasteiger partial charge >= 0.3 is 0 Å². The molecule has 88 valence electrons. The van der Waals surface area contributed by atoms with Crippen molar-refractivity contribution >= 4 is 28.6 Å². The predicted octanol–water partition coefficient (Wildman–Crippen LogP) is 3.59. The highest BCUT2D eigenvalue weighted by Crippen LogP contribution is 2.23. The number of pyridine rings is 1. The molecule has 1 N–H and O–H groups in total. The van der Waals surface area contributed by atoms with Gasteiger partial charge in [-0.3, -0.25) is 0 Å². The van der Waals surface area contributed by atoms with Crippen molar-refractivity contribution in [1.29, 1.82) is 0 Å². The number of aliphatic hydroxyl groups excluding tert-OH is 1. The van der Waals surface area contributed by atoms with Gasteiger partial charge in [0.1, 0.15) is 5.15 Å². The maximum atomic E-state index is 9.21. The molecule has 0 bridgehead atoms. The van der Waals surface area contributed by atoms with Crippen molar-refractivity contribution in [2.24, 2.45) is 0 Å². The van der Waals surface area contributed by atoms with Crippen LogP contribution >= 0.6 is 11.6 Å². The summed E-state index contributed by atoms with van der Waals surface area (Å²) in [6.45, 7) is 3.71. The normalized spacial score (nSPS) is 13.4. The largest absolute Gasteiger partial charge is 0.389 e. The molecule has 0 fully saturated rings. The van der Waals surface area contributed by atoms with E-state index < -0.39 is 6.10 Å². The van der Waals surface area contributed by atoms with Crippen molar-refractivity contribution in [1.82, 2.24) is 4.98 Å². The first kappa shape index (κ1) is 12.1. The molecule has 2 nitrogen and oxygen atoms in total. The highest BCUT2D eigenvalue weighted by molar-refractivity contribution is 6.31. The Morgan fingerprint density at radius 1 is 1.41 bits per heavy atom. The van der Waals surface area contributed by atoms with E-state index in [1.54, 1.807) is 19.1 Å². The van der Waals surface area contributed by atoms with Gasteiger partial charge in [0.25, 0.3) is 0 Å². The van der Waals surface area contributed by atoms with E-state index in [9.17, 15) is 5.11 Å². The molecule has 0 radical (unpaired) electrons. The Balaban J connectivity index is 2.56. The third kappa shape index (κ3) is 2.65. The van der Waals surface area contributed by atoms with E-state index in [2.05, 4.69) is 4.98 Å². The molecule has 17 heavy (non-hydrogen) atoms. The summed E-state index contributed by atoms with van der Waals surface area (Å²) in [6.07, 6.45) is 2.99. The fraction of sp³-hybridized carbons (Fsp3) is 0.214. The van der Waals surface area contributed by atoms with E-state index >= 15 is 0 Å². The van der Waals surface area contributed by atoms with Gasteiger partial charge in [-0.15, -0.1) is 0 Å². The van der Waals surface area contributed by atoms with Crippen LogP contribution in [0.3, 0.4) is 0 Å². The zero-order valence-electron chi connectivity index (χ0n) is 9.81. The number of fused-ring (bicyclic) bond motifs is 1. The maximum absolute atomic E-state index is 9.21. The molecule has 0 amide bonds. The second kappa shape index (κ2) is 4.86. The summed E-state index contributed by atoms with van der Waals surface area (Å²) in [6, 6.07) is 7.99. The second-order valence-corrected chi connectivity index (χ2v) is 4.47. The molecule has 1 aromatic heterocycles. The lowest BCUT2D eigenvalue weighted by molar-refractivity contribution is 0.245. The first-order valence-electron chi connectivity index (χ1n) is 5.50. The number of para-hydroxylation sites is 1. The van der Waals surface area contributed by atoms with Gasteiger partial charge in [-0.1, -0.05) is 42.0 Å². The Morgan fingerprint density at radius 2 is 2.18 bits per heavy atom. The summed E-state index contributed by atoms with van der Waals surface area (Å²) in [7, 11) is 0. The molecular formula is C14H14ClNO. The van der Waals surface area contributed by atoms with E-state index in [-0.39, 0.29) is 0 Å². The molecule has 0 spiro atoms. The minimum absolute atomic E-state index is 0.462. The number of aromatic nitrogens is 1. The Morgan fingerprint density at radius 3 is 2.88 bits per heavy atom. The van der Waals surface area contributed by atoms with Gasteiger partial charge in [0.05, 0.1) is 11.6 Å². The van der Waals surface area contributed by atoms with Gasteiger partial charge in [-0.2, -0.15) is 0 Å². The Kier molecular flexibility index (Phi) is 3.46. The summed E-state index contributed by atoms with van der Waals surface area (Å²) in [5, 5.41) is 10.7. The Labute approximate surface area is 106 Å². The lowest BCUT2D eigenvalue weighted by Crippen LogP contribution is -1.92. The van der Waals surface area contributed by atoms with Crippen LogP contribution in [0.2, 0.25) is 5.15 Å². The van der Waals surface area contributed by atoms with Crippen molar-refractivity contribution in [3.63, 3.8) is 0 Å². The lowest BCUT2D eigenvalue weighted by atomic mass is 10.1. The second-order valence-electron chi connectivity index (χ2n) is 4.11. The van der Waals surface area contributed by atoms with Crippen LogP contribution < -0.4 is 0 Å². The summed E-state index contributed by atoms with van der Waals surface area (Å²) in [4.78, 5) is 4.39. The van der Waals surface area contributed by atoms with Crippen LogP contribution in [0.1, 0.15) is 18.1 Å². The number of benzene rings is 1. The summed E-state index contributed by atoms with van der Waals surface area (Å²) < 4.78 is 0. The smallest absolute Gasteiger partial charge is 0.136 e. The van der Waals surface area contributed by atoms with E-state index in [0.29, 0.717) is 5.15 Å². The molecule has 3 heteroatoms. The first-order valence-corrected chi connectivity index (χ1v) is 5.88. The predicted molar refractivity (Wildman–Crippen MR) is 72.2 cm³/mol. The molecule has 1 heterocycles. The van der Waals surface area contributed by atoms with Crippen LogP contribution in [0.15, 0.2) is 30.3 Å². The number of aliphatic hydroxyl groups is 1. The number of rotatable bonds is 2. The molecule has 0 aliphatic carbocycles. The average molecular weight is 248 g/mol. The van der Waals surface area contributed by atoms with Crippen LogP contribution in [0, 0.1) is 6.92 Å². The molecule has 1 unspecified atom stereocenters. The minimum atomic E-state index is -0.487. The van der Waals surface area contributed by atoms with Gasteiger partial charge in [-0.25, -0.2) is 4.98 Å². The van der Waals surface area contributed by atoms with Crippen LogP contribution in [0.25, 0.3) is 17.0 Å². The van der Waals surface area contributed by atoms with Gasteiger partial charge in [0, 0.05) is 10.9 Å². The molecule has 2 rings (SSSR count). The number of nitrogens with zero attached hydrogens (tertiary/aromatic N) is 1. The Hall–Kier alpha value is -1.38. The average Bonchev–Trinajstić information content (AvgIpc) is 2.28. The standard InChI is InChI=1S/C14H14ClNO/c1-9-4-3-5-11-8-12(7-6-10(2)17)14(15)16-13(9)11/h3-8,10,17H,1-2H3/b7-6+. The van der Waals surface area contributed by atoms with Crippen molar-refractivity contribution in [2.45, 2.75) is 20.0 Å². The van der Waals surface area contributed by atoms with Gasteiger partial charge in [-0.05, 0) is 25.5 Å². The third-order valence-electron chi connectivity index (χ3n) is 2.58. The molecule has 0 aliphatic rings. The number of hydrogen-bond acceptors (Lipinski definition) is 2. The molecular weight excluding hydrogens is 234 g/mol. The van der Waals surface area contributed by atoms with Gasteiger partial charge in [0.2, 0.25) is 0 Å². The van der Waals surface area contributed by atoms with Crippen molar-refractivity contribution in [3.05, 3.63) is 46.6 Å². The Bertz CT molecular complexity index is 576. The van der Waals surface area contributed by atoms with E-state index in [1.165, 1.54) is 0 Å². The zero-order valence-corrected chi connectivity index (χ0v) is 10.6. The van der Waals surface area contributed by atoms with Crippen LogP contribution in [0.5, 0.6) is 0 Å². The van der Waals surface area contributed by atoms with Gasteiger partial charge < -0.3 is 5.11 Å². The molecule has 0 saturated heterocycles. The maximum Gasteiger partial charge on any atom is 0.136 e. The zero-order chi connectivity index (χ0) is 12.4. The van der Waals surface area contributed by atoms with E-state index in [1.807, 2.05) is 31.2 Å². The fourth-order valence-electron chi connectivity index (χ4n) is 1.70. The highest BCUT2D eigenvalue weighted by Gasteiger charge is 2.04. The third-order valence-corrected chi connectivity index (χ3v) is 2.89. The van der Waals surface area contributed by atoms with Crippen LogP contribution in [0.4, 0.5) is 0 Å². The summed E-state index contributed by atoms with van der Waals surface area (Å²) in [5.74, 6) is 0. The highest BCUT2D eigenvalue weighted by atomic mass is 35.5. The molecule has 2 aromatic rings. The van der Waals surface area contributed by atoms with Crippen molar-refractivity contribution in [2.75, 3.05) is 0 Å². The topological polar surface area (TPSA) is 33.1 Å². The summed E-state index contributed by atoms with van der Waals surface area (Å²) >= 11 is 6.11. The van der Waals surface area contributed by atoms with E-state index in [0.717, 1.165) is 22.0 Å². The SMILES string of the molecule is Cc1cccc2cc(/C=C/C(C)O)c(Cl)nc12. The molecule has 0 aliphatic heterocycles. The molecule has 0 saturated carbocycles. The monoisotopic (exact) mass is 247 g/mol. The van der Waals surface area contributed by atoms with E-state index in [4.69, 9.17) is 11.6 Å². The van der Waals surface area contributed by atoms with Crippen LogP contribution in [-0.2, 0) is 0 Å². The number of aryl methyl sites for hydroxylation is 1. The van der Waals surface area contributed by atoms with Crippen molar-refractivity contribution in [3.8, 4) is 0 Å². The van der Waals surface area contributed by atoms with Gasteiger partial charge in [0.15, 0.2) is 0 Å².